The summed E-state index contributed by atoms with van der Waals surface area (Å²) in [4.78, 5) is 21.3. The Hall–Kier alpha value is -2.09. The van der Waals surface area contributed by atoms with Crippen LogP contribution in [0.15, 0.2) is 12.1 Å². The molecule has 8 heteroatoms. The van der Waals surface area contributed by atoms with Gasteiger partial charge in [-0.25, -0.2) is 18.7 Å². The highest BCUT2D eigenvalue weighted by atomic mass is 19.3. The van der Waals surface area contributed by atoms with Crippen molar-refractivity contribution < 1.29 is 18.7 Å². The minimum atomic E-state index is -2.64. The van der Waals surface area contributed by atoms with Gasteiger partial charge in [0, 0.05) is 24.8 Å². The van der Waals surface area contributed by atoms with Crippen LogP contribution in [0.3, 0.4) is 0 Å². The smallest absolute Gasteiger partial charge is 0.248 e. The lowest BCUT2D eigenvalue weighted by atomic mass is 9.79. The molecule has 0 bridgehead atoms. The number of carbonyl (C=O) groups is 1. The zero-order valence-corrected chi connectivity index (χ0v) is 16.3. The van der Waals surface area contributed by atoms with Gasteiger partial charge in [-0.05, 0) is 52.7 Å². The van der Waals surface area contributed by atoms with Crippen LogP contribution in [-0.4, -0.2) is 31.5 Å². The van der Waals surface area contributed by atoms with Crippen molar-refractivity contribution >= 4 is 23.0 Å². The molecule has 0 radical (unpaired) electrons. The lowest BCUT2D eigenvalue weighted by molar-refractivity contribution is -0.129. The zero-order chi connectivity index (χ0) is 20.2. The van der Waals surface area contributed by atoms with E-state index >= 15 is 0 Å². The summed E-state index contributed by atoms with van der Waals surface area (Å²) in [5.41, 5.74) is 0.0811. The van der Waals surface area contributed by atoms with Crippen LogP contribution in [-0.2, 0) is 15.9 Å². The highest BCUT2D eigenvalue weighted by Gasteiger charge is 2.45. The molecule has 0 aromatic carbocycles. The molecule has 6 nitrogen and oxygen atoms in total. The van der Waals surface area contributed by atoms with Crippen molar-refractivity contribution in [2.75, 3.05) is 5.32 Å². The number of alkyl halides is 2. The Morgan fingerprint density at radius 1 is 1.26 bits per heavy atom. The van der Waals surface area contributed by atoms with Crippen molar-refractivity contribution in [2.45, 2.75) is 70.9 Å². The second-order valence-electron chi connectivity index (χ2n) is 8.92. The van der Waals surface area contributed by atoms with Crippen LogP contribution in [0.2, 0.25) is 0 Å². The molecule has 0 aliphatic heterocycles. The van der Waals surface area contributed by atoms with Crippen LogP contribution in [0.25, 0.3) is 11.2 Å². The lowest BCUT2D eigenvalue weighted by Crippen LogP contribution is -2.37. The standard InChI is InChI=1S/C19H26F2N4O2/c1-17(2,3)25-15-12(6-7-13(23-15)18(4,5)27)22-16(25)24-14(26)8-11-9-19(20,21)10-11/h6-7,11,27H,8-10H2,1-5H3,(H,22,24,26). The molecule has 1 saturated carbocycles. The number of hydrogen-bond acceptors (Lipinski definition) is 4. The van der Waals surface area contributed by atoms with Gasteiger partial charge >= 0.3 is 0 Å². The van der Waals surface area contributed by atoms with Crippen molar-refractivity contribution in [1.82, 2.24) is 14.5 Å². The highest BCUT2D eigenvalue weighted by Crippen LogP contribution is 2.44. The van der Waals surface area contributed by atoms with Gasteiger partial charge in [-0.3, -0.25) is 14.7 Å². The minimum absolute atomic E-state index is 0.0469. The van der Waals surface area contributed by atoms with Gasteiger partial charge in [0.1, 0.15) is 11.1 Å². The summed E-state index contributed by atoms with van der Waals surface area (Å²) in [7, 11) is 0. The first kappa shape index (κ1) is 19.7. The number of pyridine rings is 1. The number of carbonyl (C=O) groups excluding carboxylic acids is 1. The number of halogens is 2. The maximum Gasteiger partial charge on any atom is 0.248 e. The average Bonchev–Trinajstić information content (AvgIpc) is 2.80. The number of nitrogens with one attached hydrogen (secondary N) is 1. The molecule has 1 aliphatic rings. The Morgan fingerprint density at radius 2 is 1.89 bits per heavy atom. The molecule has 27 heavy (non-hydrogen) atoms. The molecule has 1 aliphatic carbocycles. The fraction of sp³-hybridized carbons (Fsp3) is 0.632. The number of amides is 1. The second kappa shape index (κ2) is 6.22. The minimum Gasteiger partial charge on any atom is -0.384 e. The van der Waals surface area contributed by atoms with Gasteiger partial charge in [0.25, 0.3) is 0 Å². The van der Waals surface area contributed by atoms with Crippen molar-refractivity contribution in [1.29, 1.82) is 0 Å². The largest absolute Gasteiger partial charge is 0.384 e. The summed E-state index contributed by atoms with van der Waals surface area (Å²) in [6.07, 6.45) is -0.440. The number of fused-ring (bicyclic) bond motifs is 1. The molecular weight excluding hydrogens is 354 g/mol. The van der Waals surface area contributed by atoms with Crippen LogP contribution in [0.5, 0.6) is 0 Å². The van der Waals surface area contributed by atoms with Crippen molar-refractivity contribution in [3.63, 3.8) is 0 Å². The van der Waals surface area contributed by atoms with E-state index in [-0.39, 0.29) is 31.1 Å². The first-order valence-electron chi connectivity index (χ1n) is 9.07. The number of hydrogen-bond donors (Lipinski definition) is 2. The van der Waals surface area contributed by atoms with Gasteiger partial charge < -0.3 is 5.11 Å². The van der Waals surface area contributed by atoms with Crippen LogP contribution in [0, 0.1) is 5.92 Å². The first-order valence-corrected chi connectivity index (χ1v) is 9.07. The highest BCUT2D eigenvalue weighted by molar-refractivity contribution is 5.91. The zero-order valence-electron chi connectivity index (χ0n) is 16.3. The predicted octanol–water partition coefficient (Wildman–Crippen LogP) is 3.79. The molecule has 2 heterocycles. The van der Waals surface area contributed by atoms with E-state index in [4.69, 9.17) is 0 Å². The third kappa shape index (κ3) is 4.10. The van der Waals surface area contributed by atoms with E-state index in [1.54, 1.807) is 30.5 Å². The quantitative estimate of drug-likeness (QED) is 0.846. The summed E-state index contributed by atoms with van der Waals surface area (Å²) < 4.78 is 27.8. The lowest BCUT2D eigenvalue weighted by Gasteiger charge is -2.34. The van der Waals surface area contributed by atoms with E-state index in [0.717, 1.165) is 0 Å². The number of aromatic nitrogens is 3. The summed E-state index contributed by atoms with van der Waals surface area (Å²) in [6, 6.07) is 3.45. The monoisotopic (exact) mass is 380 g/mol. The number of imidazole rings is 1. The second-order valence-corrected chi connectivity index (χ2v) is 8.92. The van der Waals surface area contributed by atoms with E-state index in [1.165, 1.54) is 0 Å². The number of anilines is 1. The molecular formula is C19H26F2N4O2. The van der Waals surface area contributed by atoms with E-state index in [2.05, 4.69) is 15.3 Å². The Labute approximate surface area is 157 Å². The van der Waals surface area contributed by atoms with E-state index in [1.807, 2.05) is 20.8 Å². The van der Waals surface area contributed by atoms with Gasteiger partial charge in [0.05, 0.1) is 5.69 Å². The maximum atomic E-state index is 13.0. The maximum absolute atomic E-state index is 13.0. The molecule has 148 valence electrons. The molecule has 1 fully saturated rings. The summed E-state index contributed by atoms with van der Waals surface area (Å²) in [6.45, 7) is 9.16. The molecule has 2 N–H and O–H groups in total. The molecule has 2 aromatic heterocycles. The molecule has 1 amide bonds. The summed E-state index contributed by atoms with van der Waals surface area (Å²) in [5, 5.41) is 13.0. The van der Waals surface area contributed by atoms with Crippen LogP contribution < -0.4 is 5.32 Å². The van der Waals surface area contributed by atoms with Gasteiger partial charge in [-0.1, -0.05) is 0 Å². The van der Waals surface area contributed by atoms with Crippen molar-refractivity contribution in [2.24, 2.45) is 5.92 Å². The first-order chi connectivity index (χ1) is 12.3. The van der Waals surface area contributed by atoms with Crippen LogP contribution in [0.1, 0.15) is 59.6 Å². The number of rotatable bonds is 4. The Morgan fingerprint density at radius 3 is 2.41 bits per heavy atom. The third-order valence-corrected chi connectivity index (χ3v) is 4.70. The van der Waals surface area contributed by atoms with E-state index in [9.17, 15) is 18.7 Å². The van der Waals surface area contributed by atoms with Crippen molar-refractivity contribution in [3.8, 4) is 0 Å². The average molecular weight is 380 g/mol. The van der Waals surface area contributed by atoms with E-state index < -0.39 is 17.1 Å². The number of aliphatic hydroxyl groups is 1. The molecule has 0 atom stereocenters. The van der Waals surface area contributed by atoms with Gasteiger partial charge in [0.15, 0.2) is 5.65 Å². The Kier molecular flexibility index (Phi) is 4.53. The predicted molar refractivity (Wildman–Crippen MR) is 98.7 cm³/mol. The molecule has 0 unspecified atom stereocenters. The normalized spacial score (nSPS) is 17.8. The van der Waals surface area contributed by atoms with Crippen molar-refractivity contribution in [3.05, 3.63) is 17.8 Å². The Balaban J connectivity index is 1.91. The van der Waals surface area contributed by atoms with Gasteiger partial charge in [0.2, 0.25) is 17.8 Å². The fourth-order valence-corrected chi connectivity index (χ4v) is 3.38. The third-order valence-electron chi connectivity index (χ3n) is 4.70. The van der Waals surface area contributed by atoms with Gasteiger partial charge in [-0.15, -0.1) is 0 Å². The topological polar surface area (TPSA) is 80.0 Å². The van der Waals surface area contributed by atoms with Crippen LogP contribution in [0.4, 0.5) is 14.7 Å². The van der Waals surface area contributed by atoms with Crippen LogP contribution >= 0.6 is 0 Å². The fourth-order valence-electron chi connectivity index (χ4n) is 3.38. The molecule has 2 aromatic rings. The number of nitrogens with zero attached hydrogens (tertiary/aromatic N) is 3. The Bertz CT molecular complexity index is 870. The van der Waals surface area contributed by atoms with E-state index in [0.29, 0.717) is 22.8 Å². The SMILES string of the molecule is CC(C)(O)c1ccc2nc(NC(=O)CC3CC(F)(F)C3)n(C(C)(C)C)c2n1. The molecule has 0 saturated heterocycles. The van der Waals surface area contributed by atoms with Gasteiger partial charge in [-0.2, -0.15) is 0 Å². The molecule has 3 rings (SSSR count). The summed E-state index contributed by atoms with van der Waals surface area (Å²) in [5.74, 6) is -2.94. The molecule has 0 spiro atoms. The summed E-state index contributed by atoms with van der Waals surface area (Å²) >= 11 is 0.